The number of sulfonamides is 2. The molecule has 0 atom stereocenters. The van der Waals surface area contributed by atoms with Crippen LogP contribution >= 0.6 is 37.2 Å². The fourth-order valence-corrected chi connectivity index (χ4v) is 4.67. The van der Waals surface area contributed by atoms with Crippen molar-refractivity contribution in [3.8, 4) is 0 Å². The van der Waals surface area contributed by atoms with E-state index >= 15 is 0 Å². The van der Waals surface area contributed by atoms with Crippen molar-refractivity contribution in [3.05, 3.63) is 48.5 Å². The second kappa shape index (κ2) is 24.5. The normalized spacial score (nSPS) is 10.6. The van der Waals surface area contributed by atoms with Crippen molar-refractivity contribution < 1.29 is 42.5 Å². The summed E-state index contributed by atoms with van der Waals surface area (Å²) >= 11 is 5.30. The molecule has 0 spiro atoms. The molecule has 14 nitrogen and oxygen atoms in total. The summed E-state index contributed by atoms with van der Waals surface area (Å²) in [5.74, 6) is -0.0311. The number of halogens is 3. The molecule has 0 aliphatic heterocycles. The summed E-state index contributed by atoms with van der Waals surface area (Å²) in [5, 5.41) is 0. The maximum atomic E-state index is 11.8. The molecular weight excluding hydrogens is 941 g/mol. The van der Waals surface area contributed by atoms with Crippen LogP contribution in [0.5, 0.6) is 0 Å². The molecule has 0 saturated heterocycles. The second-order valence-electron chi connectivity index (χ2n) is 8.23. The third kappa shape index (κ3) is 15.9. The first-order valence-electron chi connectivity index (χ1n) is 12.6. The predicted octanol–water partition coefficient (Wildman–Crippen LogP) is 2.04. The molecule has 0 aliphatic carbocycles. The van der Waals surface area contributed by atoms with Crippen LogP contribution in [0.25, 0.3) is 0 Å². The van der Waals surface area contributed by atoms with Crippen molar-refractivity contribution in [1.82, 2.24) is 33.2 Å². The zero-order chi connectivity index (χ0) is 34.6. The van der Waals surface area contributed by atoms with E-state index in [1.807, 2.05) is 0 Å². The summed E-state index contributed by atoms with van der Waals surface area (Å²) in [6.07, 6.45) is 8.32. The third-order valence-corrected chi connectivity index (χ3v) is 9.02. The van der Waals surface area contributed by atoms with Crippen LogP contribution in [0, 0.1) is 0 Å². The monoisotopic (exact) mass is 993 g/mol. The van der Waals surface area contributed by atoms with Crippen LogP contribution in [0.15, 0.2) is 58.3 Å². The Morgan fingerprint density at radius 1 is 0.628 bits per heavy atom. The molecule has 0 fully saturated rings. The van der Waals surface area contributed by atoms with Crippen molar-refractivity contribution in [3.63, 3.8) is 0 Å². The van der Waals surface area contributed by atoms with Crippen LogP contribution in [0.1, 0.15) is 26.7 Å². The summed E-state index contributed by atoms with van der Waals surface area (Å²) < 4.78 is 60.2. The molecular formula is C24H48I3N8O6S2-. The Bertz CT molecular complexity index is 1200. The first-order chi connectivity index (χ1) is 20.0. The van der Waals surface area contributed by atoms with E-state index in [4.69, 9.17) is 2.82 Å². The van der Waals surface area contributed by atoms with E-state index in [-0.39, 0.29) is 33.9 Å². The molecule has 0 bridgehead atoms. The fraction of sp³-hybridized carbons (Fsp3) is 0.417. The van der Waals surface area contributed by atoms with Crippen molar-refractivity contribution >= 4 is 80.5 Å². The number of carbonyl (C=O) groups excluding carboxylic acids is 2. The van der Waals surface area contributed by atoms with Crippen molar-refractivity contribution in [2.45, 2.75) is 36.5 Å². The minimum atomic E-state index is -3.42. The molecule has 2 rings (SSSR count). The van der Waals surface area contributed by atoms with Gasteiger partial charge in [0.1, 0.15) is 2.82 Å². The summed E-state index contributed by atoms with van der Waals surface area (Å²) in [7, 11) is 2.43. The number of nitrogens with zero attached hydrogens (tertiary/aromatic N) is 4. The smallest absolute Gasteiger partial charge is 0.115 e. The fourth-order valence-electron chi connectivity index (χ4n) is 2.87. The number of anilines is 2. The topological polar surface area (TPSA) is 255 Å². The van der Waals surface area contributed by atoms with Gasteiger partial charge in [-0.15, -0.1) is 0 Å². The second-order valence-corrected chi connectivity index (χ2v) is 28.8. The summed E-state index contributed by atoms with van der Waals surface area (Å²) in [4.78, 5) is 26.4. The predicted molar refractivity (Wildman–Crippen MR) is 190 cm³/mol. The number of carbonyl (C=O) groups is 2. The van der Waals surface area contributed by atoms with E-state index in [1.54, 1.807) is 52.2 Å². The molecule has 0 heterocycles. The average molecular weight is 994 g/mol. The van der Waals surface area contributed by atoms with Gasteiger partial charge in [0.2, 0.25) is 31.9 Å². The first-order valence-corrected chi connectivity index (χ1v) is 26.9. The van der Waals surface area contributed by atoms with Gasteiger partial charge in [0, 0.05) is 66.5 Å². The number of hydrogen-bond donors (Lipinski definition) is 4. The van der Waals surface area contributed by atoms with Gasteiger partial charge in [-0.25, -0.2) is 25.4 Å². The van der Waals surface area contributed by atoms with Crippen LogP contribution in [0.3, 0.4) is 0 Å². The molecule has 2 amide bonds. The van der Waals surface area contributed by atoms with Gasteiger partial charge < -0.3 is 34.4 Å². The van der Waals surface area contributed by atoms with E-state index in [0.717, 1.165) is 8.61 Å². The Kier molecular flexibility index (Phi) is 26.5. The van der Waals surface area contributed by atoms with E-state index in [1.165, 1.54) is 62.3 Å². The largest absolute Gasteiger partial charge is 0.344 e. The SMILES string of the molecule is CCC(=O)N(C)c1ccc(S(=O)(=O)N(C)C)cc1.CCC(=O)N(C)c1ccc(S(=O)(=O)N(C)C)cc1.I[I-]I.N.N.[3H]N.[3H]N. The number of amides is 2. The van der Waals surface area contributed by atoms with Crippen molar-refractivity contribution in [2.24, 2.45) is 0 Å². The molecule has 43 heavy (non-hydrogen) atoms. The van der Waals surface area contributed by atoms with E-state index in [9.17, 15) is 26.4 Å². The van der Waals surface area contributed by atoms with Crippen molar-refractivity contribution in [1.29, 1.82) is 0 Å². The van der Waals surface area contributed by atoms with E-state index in [2.05, 4.69) is 49.5 Å². The standard InChI is InChI=1S/2C12H18N2O3S.I3.4H3N/c2*1-5-12(15)14(4)10-6-8-11(9-7-10)18(16,17)13(2)3;1-3-2;;;;/h2*6-9H,5H2,1-4H3;;4*1H3/q;;-1;;;;/i/hT2. The van der Waals surface area contributed by atoms with E-state index < -0.39 is 20.0 Å². The number of hydrogen-bond acceptors (Lipinski definition) is 10. The molecule has 0 radical (unpaired) electrons. The molecule has 0 aromatic heterocycles. The molecule has 2 aromatic carbocycles. The van der Waals surface area contributed by atoms with Gasteiger partial charge in [-0.1, -0.05) is 13.8 Å². The van der Waals surface area contributed by atoms with Gasteiger partial charge in [0.15, 0.2) is 0 Å². The maximum absolute atomic E-state index is 11.8. The van der Waals surface area contributed by atoms with Gasteiger partial charge in [0.25, 0.3) is 0 Å². The van der Waals surface area contributed by atoms with Crippen LogP contribution in [-0.4, -0.2) is 79.5 Å². The number of rotatable bonds is 8. The average Bonchev–Trinajstić information content (AvgIpc) is 3.02. The first kappa shape index (κ1) is 46.6. The van der Waals surface area contributed by atoms with E-state index in [0.29, 0.717) is 37.5 Å². The Morgan fingerprint density at radius 3 is 1.00 bits per heavy atom. The third-order valence-electron chi connectivity index (χ3n) is 5.36. The van der Waals surface area contributed by atoms with Gasteiger partial charge in [-0.3, -0.25) is 9.59 Å². The van der Waals surface area contributed by atoms with Gasteiger partial charge in [-0.2, -0.15) is 0 Å². The minimum absolute atomic E-state index is 0. The van der Waals surface area contributed by atoms with Crippen LogP contribution in [0.4, 0.5) is 11.4 Å². The molecule has 2 aromatic rings. The quantitative estimate of drug-likeness (QED) is 0.280. The van der Waals surface area contributed by atoms with Crippen molar-refractivity contribution in [2.75, 3.05) is 52.1 Å². The molecule has 0 aliphatic rings. The van der Waals surface area contributed by atoms with Gasteiger partial charge in [-0.05, 0) is 48.5 Å². The van der Waals surface area contributed by atoms with Crippen LogP contribution < -0.4 is 47.6 Å². The summed E-state index contributed by atoms with van der Waals surface area (Å²) in [5.41, 5.74) is 1.36. The zero-order valence-corrected chi connectivity index (χ0v) is 33.9. The van der Waals surface area contributed by atoms with Gasteiger partial charge >= 0.3 is 50.5 Å². The number of benzene rings is 2. The maximum Gasteiger partial charge on any atom is 0.115 e. The molecule has 19 heteroatoms. The van der Waals surface area contributed by atoms with Crippen LogP contribution in [0.2, 0.25) is 2.82 Å². The minimum Gasteiger partial charge on any atom is -0.344 e. The Morgan fingerprint density at radius 2 is 0.837 bits per heavy atom. The molecule has 0 unspecified atom stereocenters. The zero-order valence-electron chi connectivity index (χ0n) is 27.8. The van der Waals surface area contributed by atoms with Gasteiger partial charge in [0.05, 0.1) is 9.79 Å². The Labute approximate surface area is 290 Å². The molecule has 254 valence electrons. The Hall–Kier alpha value is -0.770. The molecule has 12 N–H and O–H groups in total. The summed E-state index contributed by atoms with van der Waals surface area (Å²) in [6.45, 7) is 3.56. The summed E-state index contributed by atoms with van der Waals surface area (Å²) in [6, 6.07) is 12.5. The molecule has 0 saturated carbocycles. The van der Waals surface area contributed by atoms with Crippen LogP contribution in [-0.2, 0) is 29.6 Å². The Balaban J connectivity index is -0.000000190.